The van der Waals surface area contributed by atoms with Gasteiger partial charge in [-0.1, -0.05) is 62.2 Å². The summed E-state index contributed by atoms with van der Waals surface area (Å²) in [4.78, 5) is 12.6. The van der Waals surface area contributed by atoms with Gasteiger partial charge in [0, 0.05) is 8.95 Å². The number of halogens is 2. The number of carbonyl (C=O) groups is 1. The lowest BCUT2D eigenvalue weighted by molar-refractivity contribution is -0.119. The van der Waals surface area contributed by atoms with Crippen LogP contribution in [0, 0.1) is 0 Å². The van der Waals surface area contributed by atoms with Crippen LogP contribution in [0.4, 0.5) is 5.69 Å². The number of rotatable bonds is 7. The SMILES string of the molecule is O=C(CN(c1ccc(Br)cc1)S(=O)(=O)c1ccccc1)N/N=C/c1cccc(Br)c1. The van der Waals surface area contributed by atoms with Crippen molar-refractivity contribution in [3.05, 3.63) is 93.4 Å². The van der Waals surface area contributed by atoms with Crippen molar-refractivity contribution in [2.24, 2.45) is 5.10 Å². The van der Waals surface area contributed by atoms with Crippen LogP contribution in [-0.4, -0.2) is 27.1 Å². The highest BCUT2D eigenvalue weighted by molar-refractivity contribution is 9.10. The normalized spacial score (nSPS) is 11.4. The van der Waals surface area contributed by atoms with Crippen LogP contribution in [0.5, 0.6) is 0 Å². The molecule has 0 aliphatic heterocycles. The molecule has 3 aromatic carbocycles. The molecule has 0 unspecified atom stereocenters. The van der Waals surface area contributed by atoms with Crippen LogP contribution in [0.15, 0.2) is 97.8 Å². The van der Waals surface area contributed by atoms with Gasteiger partial charge < -0.3 is 0 Å². The highest BCUT2D eigenvalue weighted by Gasteiger charge is 2.27. The highest BCUT2D eigenvalue weighted by atomic mass is 79.9. The maximum Gasteiger partial charge on any atom is 0.264 e. The van der Waals surface area contributed by atoms with Crippen molar-refractivity contribution >= 4 is 59.7 Å². The molecule has 0 aromatic heterocycles. The third kappa shape index (κ3) is 5.78. The molecule has 0 saturated carbocycles. The molecule has 0 atom stereocenters. The number of hydrazone groups is 1. The standard InChI is InChI=1S/C21H17Br2N3O3S/c22-17-9-11-19(12-10-17)26(30(28,29)20-7-2-1-3-8-20)15-21(27)25-24-14-16-5-4-6-18(23)13-16/h1-14H,15H2,(H,25,27)/b24-14+. The molecule has 30 heavy (non-hydrogen) atoms. The van der Waals surface area contributed by atoms with Gasteiger partial charge in [0.1, 0.15) is 6.54 Å². The third-order valence-electron chi connectivity index (χ3n) is 3.98. The fourth-order valence-corrected chi connectivity index (χ4v) is 4.70. The van der Waals surface area contributed by atoms with E-state index in [1.807, 2.05) is 24.3 Å². The predicted molar refractivity (Wildman–Crippen MR) is 125 cm³/mol. The first-order valence-electron chi connectivity index (χ1n) is 8.77. The van der Waals surface area contributed by atoms with Crippen molar-refractivity contribution in [2.45, 2.75) is 4.90 Å². The Bertz CT molecular complexity index is 1150. The van der Waals surface area contributed by atoms with Gasteiger partial charge in [-0.05, 0) is 54.1 Å². The minimum atomic E-state index is -3.95. The summed E-state index contributed by atoms with van der Waals surface area (Å²) in [5.74, 6) is -0.566. The van der Waals surface area contributed by atoms with Gasteiger partial charge in [-0.15, -0.1) is 0 Å². The Morgan fingerprint density at radius 3 is 2.30 bits per heavy atom. The van der Waals surface area contributed by atoms with E-state index >= 15 is 0 Å². The van der Waals surface area contributed by atoms with Gasteiger partial charge in [0.15, 0.2) is 0 Å². The van der Waals surface area contributed by atoms with E-state index in [1.165, 1.54) is 18.3 Å². The summed E-state index contributed by atoms with van der Waals surface area (Å²) >= 11 is 6.70. The zero-order valence-electron chi connectivity index (χ0n) is 15.6. The second-order valence-electron chi connectivity index (χ2n) is 6.15. The van der Waals surface area contributed by atoms with Gasteiger partial charge in [0.2, 0.25) is 0 Å². The number of hydrogen-bond donors (Lipinski definition) is 1. The van der Waals surface area contributed by atoms with E-state index in [-0.39, 0.29) is 4.90 Å². The monoisotopic (exact) mass is 549 g/mol. The molecule has 0 aliphatic carbocycles. The van der Waals surface area contributed by atoms with Crippen LogP contribution in [0.1, 0.15) is 5.56 Å². The molecule has 0 spiro atoms. The number of anilines is 1. The molecule has 0 saturated heterocycles. The van der Waals surface area contributed by atoms with Crippen LogP contribution < -0.4 is 9.73 Å². The molecule has 0 heterocycles. The van der Waals surface area contributed by atoms with Crippen LogP contribution >= 0.6 is 31.9 Å². The largest absolute Gasteiger partial charge is 0.271 e. The number of nitrogens with one attached hydrogen (secondary N) is 1. The zero-order chi connectivity index (χ0) is 21.6. The van der Waals surface area contributed by atoms with E-state index in [0.717, 1.165) is 18.8 Å². The van der Waals surface area contributed by atoms with Crippen LogP contribution in [-0.2, 0) is 14.8 Å². The molecule has 9 heteroatoms. The molecule has 1 amide bonds. The Morgan fingerprint density at radius 1 is 0.933 bits per heavy atom. The quantitative estimate of drug-likeness (QED) is 0.346. The average molecular weight is 551 g/mol. The molecule has 1 N–H and O–H groups in total. The fraction of sp³-hybridized carbons (Fsp3) is 0.0476. The van der Waals surface area contributed by atoms with Crippen molar-refractivity contribution < 1.29 is 13.2 Å². The fourth-order valence-electron chi connectivity index (χ4n) is 2.57. The summed E-state index contributed by atoms with van der Waals surface area (Å²) in [6.45, 7) is -0.422. The smallest absolute Gasteiger partial charge is 0.264 e. The first-order valence-corrected chi connectivity index (χ1v) is 11.8. The van der Waals surface area contributed by atoms with Crippen molar-refractivity contribution in [2.75, 3.05) is 10.8 Å². The summed E-state index contributed by atoms with van der Waals surface area (Å²) < 4.78 is 29.1. The van der Waals surface area contributed by atoms with Gasteiger partial charge >= 0.3 is 0 Å². The Hall–Kier alpha value is -2.49. The molecule has 3 rings (SSSR count). The molecule has 0 bridgehead atoms. The van der Waals surface area contributed by atoms with Crippen molar-refractivity contribution in [1.82, 2.24) is 5.43 Å². The highest BCUT2D eigenvalue weighted by Crippen LogP contribution is 2.25. The molecule has 0 fully saturated rings. The number of nitrogens with zero attached hydrogens (tertiary/aromatic N) is 2. The van der Waals surface area contributed by atoms with Gasteiger partial charge in [0.25, 0.3) is 15.9 Å². The lowest BCUT2D eigenvalue weighted by Gasteiger charge is -2.23. The summed E-state index contributed by atoms with van der Waals surface area (Å²) in [6.07, 6.45) is 1.48. The number of benzene rings is 3. The number of hydrogen-bond acceptors (Lipinski definition) is 4. The Labute approximate surface area is 191 Å². The molecule has 0 aliphatic rings. The number of sulfonamides is 1. The van der Waals surface area contributed by atoms with E-state index in [9.17, 15) is 13.2 Å². The summed E-state index contributed by atoms with van der Waals surface area (Å²) in [7, 11) is -3.95. The first-order chi connectivity index (χ1) is 14.4. The molecule has 3 aromatic rings. The Morgan fingerprint density at radius 2 is 1.63 bits per heavy atom. The summed E-state index contributed by atoms with van der Waals surface area (Å²) in [5.41, 5.74) is 3.54. The van der Waals surface area contributed by atoms with Gasteiger partial charge in [-0.2, -0.15) is 5.10 Å². The second-order valence-corrected chi connectivity index (χ2v) is 9.84. The third-order valence-corrected chi connectivity index (χ3v) is 6.79. The molecular formula is C21H17Br2N3O3S. The van der Waals surface area contributed by atoms with E-state index in [1.54, 1.807) is 42.5 Å². The van der Waals surface area contributed by atoms with Gasteiger partial charge in [-0.25, -0.2) is 13.8 Å². The van der Waals surface area contributed by atoms with E-state index < -0.39 is 22.5 Å². The number of amides is 1. The summed E-state index contributed by atoms with van der Waals surface area (Å²) in [5, 5.41) is 3.92. The topological polar surface area (TPSA) is 78.8 Å². The average Bonchev–Trinajstić information content (AvgIpc) is 2.73. The van der Waals surface area contributed by atoms with Crippen LogP contribution in [0.2, 0.25) is 0 Å². The molecule has 154 valence electrons. The minimum absolute atomic E-state index is 0.0957. The van der Waals surface area contributed by atoms with Crippen molar-refractivity contribution in [3.8, 4) is 0 Å². The second kappa shape index (κ2) is 10.0. The molecule has 6 nitrogen and oxygen atoms in total. The van der Waals surface area contributed by atoms with E-state index in [4.69, 9.17) is 0 Å². The predicted octanol–water partition coefficient (Wildman–Crippen LogP) is 4.56. The zero-order valence-corrected chi connectivity index (χ0v) is 19.6. The van der Waals surface area contributed by atoms with Gasteiger partial charge in [-0.3, -0.25) is 9.10 Å². The minimum Gasteiger partial charge on any atom is -0.271 e. The van der Waals surface area contributed by atoms with Gasteiger partial charge in [0.05, 0.1) is 16.8 Å². The van der Waals surface area contributed by atoms with Crippen molar-refractivity contribution in [1.29, 1.82) is 0 Å². The summed E-state index contributed by atoms with van der Waals surface area (Å²) in [6, 6.07) is 22.0. The maximum atomic E-state index is 13.2. The lowest BCUT2D eigenvalue weighted by Crippen LogP contribution is -2.39. The van der Waals surface area contributed by atoms with Crippen LogP contribution in [0.25, 0.3) is 0 Å². The lowest BCUT2D eigenvalue weighted by atomic mass is 10.2. The molecular weight excluding hydrogens is 534 g/mol. The van der Waals surface area contributed by atoms with Crippen LogP contribution in [0.3, 0.4) is 0 Å². The number of carbonyl (C=O) groups excluding carboxylic acids is 1. The Balaban J connectivity index is 1.82. The molecule has 0 radical (unpaired) electrons. The van der Waals surface area contributed by atoms with E-state index in [0.29, 0.717) is 5.69 Å². The van der Waals surface area contributed by atoms with Crippen molar-refractivity contribution in [3.63, 3.8) is 0 Å². The first kappa shape index (κ1) is 22.2. The maximum absolute atomic E-state index is 13.2. The Kier molecular flexibility index (Phi) is 7.41. The van der Waals surface area contributed by atoms with E-state index in [2.05, 4.69) is 42.4 Å².